The Kier molecular flexibility index (Phi) is 5.19. The van der Waals surface area contributed by atoms with Crippen LogP contribution in [0.1, 0.15) is 5.56 Å². The maximum Gasteiger partial charge on any atom is 0.137 e. The summed E-state index contributed by atoms with van der Waals surface area (Å²) < 4.78 is 1.89. The van der Waals surface area contributed by atoms with Gasteiger partial charge in [-0.15, -0.1) is 0 Å². The minimum absolute atomic E-state index is 0.913. The molecule has 1 aliphatic heterocycles. The number of pyridine rings is 1. The highest BCUT2D eigenvalue weighted by Gasteiger charge is 2.16. The van der Waals surface area contributed by atoms with Crippen molar-refractivity contribution in [2.24, 2.45) is 0 Å². The molecule has 124 valence electrons. The minimum Gasteiger partial charge on any atom is -0.363 e. The Morgan fingerprint density at radius 2 is 1.83 bits per heavy atom. The Bertz CT molecular complexity index is 571. The van der Waals surface area contributed by atoms with E-state index >= 15 is 0 Å². The molecule has 0 spiro atoms. The Morgan fingerprint density at radius 3 is 2.43 bits per heavy atom. The van der Waals surface area contributed by atoms with Gasteiger partial charge in [0.1, 0.15) is 18.5 Å². The summed E-state index contributed by atoms with van der Waals surface area (Å²) in [6.07, 6.45) is 5.36. The van der Waals surface area contributed by atoms with Crippen LogP contribution >= 0.6 is 0 Å². The second-order valence-electron chi connectivity index (χ2n) is 6.20. The molecule has 3 rings (SSSR count). The van der Waals surface area contributed by atoms with Gasteiger partial charge in [0.05, 0.1) is 6.54 Å². The standard InChI is InChI=1S/C16H25N7/c1-20(2)16-4-3-15(11-18-16)12-22-7-5-21(6-8-22)9-10-23-14-17-13-19-23/h3-4,11,13-14H,5-10,12H2,1-2H3. The van der Waals surface area contributed by atoms with Crippen LogP contribution in [0.2, 0.25) is 0 Å². The third-order valence-corrected chi connectivity index (χ3v) is 4.25. The molecule has 0 aromatic carbocycles. The van der Waals surface area contributed by atoms with Gasteiger partial charge >= 0.3 is 0 Å². The van der Waals surface area contributed by atoms with Gasteiger partial charge in [-0.1, -0.05) is 6.07 Å². The van der Waals surface area contributed by atoms with E-state index in [1.54, 1.807) is 12.7 Å². The van der Waals surface area contributed by atoms with Crippen LogP contribution in [0.3, 0.4) is 0 Å². The summed E-state index contributed by atoms with van der Waals surface area (Å²) in [7, 11) is 4.03. The van der Waals surface area contributed by atoms with Gasteiger partial charge in [-0.25, -0.2) is 9.97 Å². The van der Waals surface area contributed by atoms with Crippen LogP contribution in [0.4, 0.5) is 5.82 Å². The van der Waals surface area contributed by atoms with Gasteiger partial charge in [-0.3, -0.25) is 14.5 Å². The number of rotatable bonds is 6. The Balaban J connectivity index is 1.42. The van der Waals surface area contributed by atoms with E-state index in [9.17, 15) is 0 Å². The summed E-state index contributed by atoms with van der Waals surface area (Å²) in [6.45, 7) is 7.36. The van der Waals surface area contributed by atoms with Gasteiger partial charge in [-0.2, -0.15) is 5.10 Å². The number of nitrogens with zero attached hydrogens (tertiary/aromatic N) is 7. The first-order valence-corrected chi connectivity index (χ1v) is 8.10. The third kappa shape index (κ3) is 4.49. The molecule has 7 nitrogen and oxygen atoms in total. The maximum atomic E-state index is 4.49. The lowest BCUT2D eigenvalue weighted by Crippen LogP contribution is -2.46. The second-order valence-corrected chi connectivity index (χ2v) is 6.20. The SMILES string of the molecule is CN(C)c1ccc(CN2CCN(CCn3cncn3)CC2)cn1. The van der Waals surface area contributed by atoms with Crippen molar-refractivity contribution in [2.45, 2.75) is 13.1 Å². The van der Waals surface area contributed by atoms with Gasteiger partial charge < -0.3 is 4.90 Å². The lowest BCUT2D eigenvalue weighted by Gasteiger charge is -2.34. The summed E-state index contributed by atoms with van der Waals surface area (Å²) in [5.74, 6) is 1.01. The summed E-state index contributed by atoms with van der Waals surface area (Å²) in [5, 5.41) is 4.15. The average Bonchev–Trinajstić information content (AvgIpc) is 3.08. The lowest BCUT2D eigenvalue weighted by atomic mass is 10.2. The fourth-order valence-corrected chi connectivity index (χ4v) is 2.80. The van der Waals surface area contributed by atoms with E-state index in [4.69, 9.17) is 0 Å². The first-order valence-electron chi connectivity index (χ1n) is 8.10. The summed E-state index contributed by atoms with van der Waals surface area (Å²) in [6, 6.07) is 4.27. The highest BCUT2D eigenvalue weighted by molar-refractivity contribution is 5.37. The van der Waals surface area contributed by atoms with Crippen molar-refractivity contribution in [3.05, 3.63) is 36.5 Å². The van der Waals surface area contributed by atoms with E-state index in [1.165, 1.54) is 5.56 Å². The van der Waals surface area contributed by atoms with Crippen molar-refractivity contribution in [1.29, 1.82) is 0 Å². The predicted octanol–water partition coefficient (Wildman–Crippen LogP) is 0.557. The van der Waals surface area contributed by atoms with Gasteiger partial charge in [0.15, 0.2) is 0 Å². The fourth-order valence-electron chi connectivity index (χ4n) is 2.80. The first kappa shape index (κ1) is 15.9. The molecule has 0 saturated carbocycles. The molecule has 0 radical (unpaired) electrons. The molecule has 0 atom stereocenters. The number of hydrogen-bond donors (Lipinski definition) is 0. The molecular weight excluding hydrogens is 290 g/mol. The topological polar surface area (TPSA) is 53.3 Å². The van der Waals surface area contributed by atoms with Crippen LogP contribution in [0, 0.1) is 0 Å². The van der Waals surface area contributed by atoms with Crippen LogP contribution < -0.4 is 4.90 Å². The molecule has 0 bridgehead atoms. The Morgan fingerprint density at radius 1 is 1.04 bits per heavy atom. The zero-order chi connectivity index (χ0) is 16.1. The fraction of sp³-hybridized carbons (Fsp3) is 0.562. The number of hydrogen-bond acceptors (Lipinski definition) is 6. The van der Waals surface area contributed by atoms with E-state index in [-0.39, 0.29) is 0 Å². The van der Waals surface area contributed by atoms with Crippen molar-refractivity contribution in [2.75, 3.05) is 51.7 Å². The monoisotopic (exact) mass is 315 g/mol. The van der Waals surface area contributed by atoms with Gasteiger partial charge in [0.2, 0.25) is 0 Å². The van der Waals surface area contributed by atoms with Crippen LogP contribution in [0.15, 0.2) is 31.0 Å². The molecule has 0 amide bonds. The smallest absolute Gasteiger partial charge is 0.137 e. The number of aromatic nitrogens is 4. The Hall–Kier alpha value is -1.99. The summed E-state index contributed by atoms with van der Waals surface area (Å²) in [4.78, 5) is 15.5. The Labute approximate surface area is 137 Å². The zero-order valence-corrected chi connectivity index (χ0v) is 14.0. The highest BCUT2D eigenvalue weighted by Crippen LogP contribution is 2.11. The molecular formula is C16H25N7. The molecule has 3 heterocycles. The molecule has 23 heavy (non-hydrogen) atoms. The van der Waals surface area contributed by atoms with Crippen molar-refractivity contribution in [1.82, 2.24) is 29.5 Å². The van der Waals surface area contributed by atoms with E-state index < -0.39 is 0 Å². The van der Waals surface area contributed by atoms with Gasteiger partial charge in [0, 0.05) is 59.6 Å². The van der Waals surface area contributed by atoms with Crippen LogP contribution in [0.5, 0.6) is 0 Å². The van der Waals surface area contributed by atoms with Gasteiger partial charge in [-0.05, 0) is 11.6 Å². The largest absolute Gasteiger partial charge is 0.363 e. The lowest BCUT2D eigenvalue weighted by molar-refractivity contribution is 0.123. The van der Waals surface area contributed by atoms with Gasteiger partial charge in [0.25, 0.3) is 0 Å². The van der Waals surface area contributed by atoms with Crippen molar-refractivity contribution >= 4 is 5.82 Å². The zero-order valence-electron chi connectivity index (χ0n) is 14.0. The normalized spacial score (nSPS) is 16.6. The molecule has 2 aromatic heterocycles. The third-order valence-electron chi connectivity index (χ3n) is 4.25. The molecule has 0 unspecified atom stereocenters. The molecule has 1 saturated heterocycles. The second kappa shape index (κ2) is 7.52. The van der Waals surface area contributed by atoms with E-state index in [1.807, 2.05) is 29.9 Å². The van der Waals surface area contributed by atoms with Crippen molar-refractivity contribution in [3.63, 3.8) is 0 Å². The highest BCUT2D eigenvalue weighted by atomic mass is 15.3. The van der Waals surface area contributed by atoms with E-state index in [0.717, 1.165) is 51.6 Å². The quantitative estimate of drug-likeness (QED) is 0.776. The first-order chi connectivity index (χ1) is 11.2. The number of piperazine rings is 1. The maximum absolute atomic E-state index is 4.49. The van der Waals surface area contributed by atoms with Crippen LogP contribution in [-0.2, 0) is 13.1 Å². The summed E-state index contributed by atoms with van der Waals surface area (Å²) >= 11 is 0. The molecule has 7 heteroatoms. The van der Waals surface area contributed by atoms with E-state index in [2.05, 4.69) is 37.0 Å². The molecule has 0 aliphatic carbocycles. The minimum atomic E-state index is 0.913. The van der Waals surface area contributed by atoms with Crippen molar-refractivity contribution < 1.29 is 0 Å². The number of anilines is 1. The average molecular weight is 315 g/mol. The van der Waals surface area contributed by atoms with Crippen LogP contribution in [0.25, 0.3) is 0 Å². The predicted molar refractivity (Wildman–Crippen MR) is 90.3 cm³/mol. The summed E-state index contributed by atoms with van der Waals surface area (Å²) in [5.41, 5.74) is 1.28. The van der Waals surface area contributed by atoms with E-state index in [0.29, 0.717) is 0 Å². The van der Waals surface area contributed by atoms with Crippen LogP contribution in [-0.4, -0.2) is 76.4 Å². The molecule has 2 aromatic rings. The molecule has 0 N–H and O–H groups in total. The van der Waals surface area contributed by atoms with Crippen molar-refractivity contribution in [3.8, 4) is 0 Å². The molecule has 1 fully saturated rings. The molecule has 1 aliphatic rings.